The summed E-state index contributed by atoms with van der Waals surface area (Å²) in [5.74, 6) is -0.620. The van der Waals surface area contributed by atoms with Crippen LogP contribution in [0.4, 0.5) is 0 Å². The van der Waals surface area contributed by atoms with Crippen LogP contribution >= 0.6 is 23.2 Å². The van der Waals surface area contributed by atoms with Crippen molar-refractivity contribution in [2.75, 3.05) is 0 Å². The van der Waals surface area contributed by atoms with Gasteiger partial charge in [0.2, 0.25) is 0 Å². The third-order valence-corrected chi connectivity index (χ3v) is 5.95. The van der Waals surface area contributed by atoms with E-state index >= 15 is 0 Å². The van der Waals surface area contributed by atoms with Crippen molar-refractivity contribution in [1.82, 2.24) is 0 Å². The predicted octanol–water partition coefficient (Wildman–Crippen LogP) is 4.36. The molecule has 0 aromatic heterocycles. The second-order valence-electron chi connectivity index (χ2n) is 6.67. The van der Waals surface area contributed by atoms with E-state index in [9.17, 15) is 4.79 Å². The molecule has 3 nitrogen and oxygen atoms in total. The van der Waals surface area contributed by atoms with Crippen molar-refractivity contribution < 1.29 is 14.3 Å². The van der Waals surface area contributed by atoms with Crippen LogP contribution in [0.2, 0.25) is 10.0 Å². The Balaban J connectivity index is 1.75. The second kappa shape index (κ2) is 5.34. The normalized spacial score (nSPS) is 31.2. The topological polar surface area (TPSA) is 35.5 Å². The van der Waals surface area contributed by atoms with Crippen molar-refractivity contribution in [3.8, 4) is 0 Å². The number of rotatable bonds is 2. The van der Waals surface area contributed by atoms with Gasteiger partial charge in [0, 0.05) is 21.2 Å². The van der Waals surface area contributed by atoms with E-state index in [0.29, 0.717) is 10.0 Å². The quantitative estimate of drug-likeness (QED) is 0.580. The number of cyclic esters (lactones) is 1. The van der Waals surface area contributed by atoms with Crippen molar-refractivity contribution in [2.24, 2.45) is 11.8 Å². The molecule has 0 unspecified atom stereocenters. The van der Waals surface area contributed by atoms with Crippen LogP contribution in [0.5, 0.6) is 0 Å². The Morgan fingerprint density at radius 3 is 1.88 bits per heavy atom. The average molecular weight is 373 g/mol. The minimum absolute atomic E-state index is 0.114. The Hall–Kier alpha value is -1.81. The Morgan fingerprint density at radius 2 is 1.32 bits per heavy atom. The maximum Gasteiger partial charge on any atom is 0.313 e. The van der Waals surface area contributed by atoms with E-state index in [4.69, 9.17) is 32.7 Å². The molecular weight excluding hydrogens is 359 g/mol. The summed E-state index contributed by atoms with van der Waals surface area (Å²) in [5.41, 5.74) is 0.885. The maximum atomic E-state index is 12.8. The molecule has 3 heterocycles. The molecule has 0 saturated carbocycles. The Labute approximate surface area is 155 Å². The summed E-state index contributed by atoms with van der Waals surface area (Å²) in [5, 5.41) is 1.28. The van der Waals surface area contributed by atoms with E-state index in [1.807, 2.05) is 60.7 Å². The summed E-state index contributed by atoms with van der Waals surface area (Å²) in [7, 11) is 0. The Kier molecular flexibility index (Phi) is 3.30. The number of ether oxygens (including phenoxy) is 2. The van der Waals surface area contributed by atoms with Crippen molar-refractivity contribution >= 4 is 29.2 Å². The van der Waals surface area contributed by atoms with Crippen molar-refractivity contribution in [3.05, 3.63) is 81.9 Å². The molecular formula is C20H14Cl2O3. The van der Waals surface area contributed by atoms with E-state index in [0.717, 1.165) is 11.1 Å². The zero-order valence-corrected chi connectivity index (χ0v) is 14.6. The fourth-order valence-corrected chi connectivity index (χ4v) is 4.68. The number of carbonyl (C=O) groups is 1. The van der Waals surface area contributed by atoms with Gasteiger partial charge < -0.3 is 9.47 Å². The fraction of sp³-hybridized carbons (Fsp3) is 0.250. The minimum atomic E-state index is -0.902. The third-order valence-electron chi connectivity index (χ3n) is 5.45. The molecule has 0 radical (unpaired) electrons. The van der Waals surface area contributed by atoms with Gasteiger partial charge in [0.15, 0.2) is 5.60 Å². The lowest BCUT2D eigenvalue weighted by molar-refractivity contribution is -0.152. The Morgan fingerprint density at radius 1 is 0.800 bits per heavy atom. The first-order valence-corrected chi connectivity index (χ1v) is 8.94. The van der Waals surface area contributed by atoms with E-state index in [-0.39, 0.29) is 30.0 Å². The minimum Gasteiger partial charge on any atom is -0.448 e. The molecule has 2 bridgehead atoms. The van der Waals surface area contributed by atoms with Crippen LogP contribution in [0.25, 0.3) is 0 Å². The number of hydrogen-bond acceptors (Lipinski definition) is 3. The van der Waals surface area contributed by atoms with E-state index in [2.05, 4.69) is 0 Å². The summed E-state index contributed by atoms with van der Waals surface area (Å²) in [6.07, 6.45) is 3.65. The highest BCUT2D eigenvalue weighted by molar-refractivity contribution is 6.30. The van der Waals surface area contributed by atoms with Crippen LogP contribution in [0.1, 0.15) is 11.1 Å². The van der Waals surface area contributed by atoms with Crippen LogP contribution < -0.4 is 0 Å². The zero-order chi connectivity index (χ0) is 17.2. The summed E-state index contributed by atoms with van der Waals surface area (Å²) < 4.78 is 12.1. The lowest BCUT2D eigenvalue weighted by Gasteiger charge is -2.36. The smallest absolute Gasteiger partial charge is 0.313 e. The third kappa shape index (κ3) is 2.06. The molecule has 0 aliphatic carbocycles. The first-order valence-electron chi connectivity index (χ1n) is 8.18. The maximum absolute atomic E-state index is 12.8. The number of esters is 1. The van der Waals surface area contributed by atoms with Gasteiger partial charge in [0.1, 0.15) is 0 Å². The molecule has 2 aromatic rings. The number of hydrogen-bond donors (Lipinski definition) is 0. The first-order chi connectivity index (χ1) is 12.1. The lowest BCUT2D eigenvalue weighted by Crippen LogP contribution is -2.40. The van der Waals surface area contributed by atoms with Gasteiger partial charge in [-0.25, -0.2) is 0 Å². The molecule has 5 rings (SSSR count). The summed E-state index contributed by atoms with van der Waals surface area (Å²) >= 11 is 12.1. The fourth-order valence-electron chi connectivity index (χ4n) is 4.43. The first kappa shape index (κ1) is 15.4. The van der Waals surface area contributed by atoms with E-state index < -0.39 is 5.60 Å². The summed E-state index contributed by atoms with van der Waals surface area (Å²) in [6.45, 7) is 0. The SMILES string of the molecule is O=C1OC(c2ccc(Cl)cc2)(c2ccc(Cl)cc2)[C@@H]2[C@H]1[C@H]1C=C[C@@H]2O1. The largest absolute Gasteiger partial charge is 0.448 e. The van der Waals surface area contributed by atoms with Crippen LogP contribution in [0, 0.1) is 11.8 Å². The predicted molar refractivity (Wildman–Crippen MR) is 94.6 cm³/mol. The lowest BCUT2D eigenvalue weighted by atomic mass is 9.69. The van der Waals surface area contributed by atoms with Gasteiger partial charge in [-0.05, 0) is 24.3 Å². The molecule has 0 N–H and O–H groups in total. The highest BCUT2D eigenvalue weighted by atomic mass is 35.5. The number of fused-ring (bicyclic) bond motifs is 5. The van der Waals surface area contributed by atoms with Gasteiger partial charge in [0.25, 0.3) is 0 Å². The standard InChI is InChI=1S/C20H14Cl2O3/c21-13-5-1-11(2-6-13)20(12-3-7-14(22)8-4-12)18-16-10-9-15(24-16)17(18)19(23)25-20/h1-10,15-18H/t15-,16+,17-,18+/m1/s1. The molecule has 0 spiro atoms. The van der Waals surface area contributed by atoms with Crippen molar-refractivity contribution in [2.45, 2.75) is 17.8 Å². The molecule has 2 saturated heterocycles. The molecule has 0 amide bonds. The van der Waals surface area contributed by atoms with E-state index in [1.54, 1.807) is 0 Å². The number of benzene rings is 2. The summed E-state index contributed by atoms with van der Waals surface area (Å²) in [4.78, 5) is 12.8. The molecule has 25 heavy (non-hydrogen) atoms. The monoisotopic (exact) mass is 372 g/mol. The van der Waals surface area contributed by atoms with Gasteiger partial charge in [-0.15, -0.1) is 0 Å². The Bertz CT molecular complexity index is 827. The van der Waals surface area contributed by atoms with Gasteiger partial charge in [-0.1, -0.05) is 59.6 Å². The van der Waals surface area contributed by atoms with Crippen LogP contribution in [0.3, 0.4) is 0 Å². The second-order valence-corrected chi connectivity index (χ2v) is 7.55. The molecule has 5 heteroatoms. The molecule has 2 aromatic carbocycles. The highest BCUT2D eigenvalue weighted by Crippen LogP contribution is 2.58. The molecule has 126 valence electrons. The highest BCUT2D eigenvalue weighted by Gasteiger charge is 2.67. The van der Waals surface area contributed by atoms with Crippen molar-refractivity contribution in [3.63, 3.8) is 0 Å². The van der Waals surface area contributed by atoms with Crippen LogP contribution in [-0.2, 0) is 19.9 Å². The van der Waals surface area contributed by atoms with Gasteiger partial charge >= 0.3 is 5.97 Å². The van der Waals surface area contributed by atoms with Gasteiger partial charge in [-0.3, -0.25) is 4.79 Å². The van der Waals surface area contributed by atoms with E-state index in [1.165, 1.54) is 0 Å². The molecule has 2 fully saturated rings. The van der Waals surface area contributed by atoms with Crippen molar-refractivity contribution in [1.29, 1.82) is 0 Å². The zero-order valence-electron chi connectivity index (χ0n) is 13.1. The number of carbonyl (C=O) groups excluding carboxylic acids is 1. The van der Waals surface area contributed by atoms with Crippen LogP contribution in [-0.4, -0.2) is 18.2 Å². The average Bonchev–Trinajstić information content (AvgIpc) is 3.29. The molecule has 3 aliphatic heterocycles. The van der Waals surface area contributed by atoms with Gasteiger partial charge in [-0.2, -0.15) is 0 Å². The summed E-state index contributed by atoms with van der Waals surface area (Å²) in [6, 6.07) is 15.0. The molecule has 3 aliphatic rings. The van der Waals surface area contributed by atoms with Crippen LogP contribution in [0.15, 0.2) is 60.7 Å². The number of halogens is 2. The van der Waals surface area contributed by atoms with Gasteiger partial charge in [0.05, 0.1) is 24.0 Å². The molecule has 4 atom stereocenters.